The Morgan fingerprint density at radius 3 is 2.23 bits per heavy atom. The Bertz CT molecular complexity index is 580. The summed E-state index contributed by atoms with van der Waals surface area (Å²) >= 11 is 0. The molecule has 1 aromatic carbocycles. The molecule has 0 saturated carbocycles. The lowest BCUT2D eigenvalue weighted by atomic mass is 10.0. The molecule has 0 unspecified atom stereocenters. The van der Waals surface area contributed by atoms with Crippen molar-refractivity contribution < 1.29 is 26.1 Å². The summed E-state index contributed by atoms with van der Waals surface area (Å²) in [7, 11) is -4.21. The van der Waals surface area contributed by atoms with Crippen LogP contribution >= 0.6 is 0 Å². The molecule has 0 aliphatic carbocycles. The highest BCUT2D eigenvalue weighted by molar-refractivity contribution is 7.85. The quantitative estimate of drug-likeness (QED) is 0.553. The molecule has 0 heterocycles. The van der Waals surface area contributed by atoms with Gasteiger partial charge in [-0.15, -0.1) is 0 Å². The Labute approximate surface area is 129 Å². The fourth-order valence-corrected chi connectivity index (χ4v) is 2.78. The molecule has 3 nitrogen and oxygen atoms in total. The van der Waals surface area contributed by atoms with Crippen LogP contribution in [0.2, 0.25) is 0 Å². The van der Waals surface area contributed by atoms with Gasteiger partial charge in [0.05, 0.1) is 4.90 Å². The van der Waals surface area contributed by atoms with Crippen LogP contribution in [-0.4, -0.2) is 19.1 Å². The fourth-order valence-electron chi connectivity index (χ4n) is 2.25. The number of hydrogen-bond acceptors (Lipinski definition) is 2. The van der Waals surface area contributed by atoms with Gasteiger partial charge in [-0.25, -0.2) is 0 Å². The van der Waals surface area contributed by atoms with Gasteiger partial charge in [-0.3, -0.25) is 4.55 Å². The molecule has 0 fully saturated rings. The van der Waals surface area contributed by atoms with Crippen LogP contribution in [0.25, 0.3) is 0 Å². The first-order valence-corrected chi connectivity index (χ1v) is 8.67. The van der Waals surface area contributed by atoms with Crippen molar-refractivity contribution in [2.45, 2.75) is 62.9 Å². The van der Waals surface area contributed by atoms with Gasteiger partial charge in [-0.05, 0) is 49.4 Å². The first-order valence-electron chi connectivity index (χ1n) is 7.23. The van der Waals surface area contributed by atoms with E-state index in [9.17, 15) is 21.6 Å². The highest BCUT2D eigenvalue weighted by Crippen LogP contribution is 2.23. The predicted molar refractivity (Wildman–Crippen MR) is 78.5 cm³/mol. The van der Waals surface area contributed by atoms with Crippen molar-refractivity contribution >= 4 is 10.1 Å². The van der Waals surface area contributed by atoms with Crippen LogP contribution in [0, 0.1) is 6.92 Å². The van der Waals surface area contributed by atoms with Gasteiger partial charge >= 0.3 is 6.18 Å². The number of alkyl halides is 3. The first kappa shape index (κ1) is 19.0. The van der Waals surface area contributed by atoms with Crippen molar-refractivity contribution in [2.24, 2.45) is 0 Å². The Hall–Kier alpha value is -1.08. The smallest absolute Gasteiger partial charge is 0.282 e. The summed E-state index contributed by atoms with van der Waals surface area (Å²) in [5.74, 6) is 0. The molecule has 7 heteroatoms. The zero-order valence-corrected chi connectivity index (χ0v) is 13.3. The van der Waals surface area contributed by atoms with Crippen LogP contribution in [0.4, 0.5) is 13.2 Å². The summed E-state index contributed by atoms with van der Waals surface area (Å²) in [5, 5.41) is 0. The molecule has 126 valence electrons. The molecule has 0 aliphatic rings. The largest absolute Gasteiger partial charge is 0.389 e. The predicted octanol–water partition coefficient (Wildman–Crippen LogP) is 4.69. The average molecular weight is 338 g/mol. The van der Waals surface area contributed by atoms with E-state index in [0.29, 0.717) is 12.8 Å². The number of unbranched alkanes of at least 4 members (excludes halogenated alkanes) is 4. The molecule has 1 rings (SSSR count). The molecule has 0 aromatic heterocycles. The van der Waals surface area contributed by atoms with Gasteiger partial charge < -0.3 is 0 Å². The second kappa shape index (κ2) is 7.97. The van der Waals surface area contributed by atoms with Crippen LogP contribution in [-0.2, 0) is 16.5 Å². The van der Waals surface area contributed by atoms with Gasteiger partial charge in [-0.1, -0.05) is 25.3 Å². The molecule has 0 saturated heterocycles. The molecule has 0 aliphatic heterocycles. The number of aryl methyl sites for hydroxylation is 2. The van der Waals surface area contributed by atoms with E-state index in [-0.39, 0.29) is 11.3 Å². The van der Waals surface area contributed by atoms with Gasteiger partial charge in [0.25, 0.3) is 10.1 Å². The van der Waals surface area contributed by atoms with E-state index in [4.69, 9.17) is 4.55 Å². The van der Waals surface area contributed by atoms with E-state index in [1.165, 1.54) is 12.1 Å². The van der Waals surface area contributed by atoms with E-state index < -0.39 is 22.7 Å². The van der Waals surface area contributed by atoms with Gasteiger partial charge in [0.2, 0.25) is 0 Å². The zero-order valence-electron chi connectivity index (χ0n) is 12.5. The number of rotatable bonds is 8. The van der Waals surface area contributed by atoms with E-state index in [1.807, 2.05) is 6.92 Å². The Morgan fingerprint density at radius 1 is 1.05 bits per heavy atom. The summed E-state index contributed by atoms with van der Waals surface area (Å²) in [6.45, 7) is 1.85. The Morgan fingerprint density at radius 2 is 1.64 bits per heavy atom. The SMILES string of the molecule is Cc1ccc(S(=O)(=O)O)cc1CCCCCCCC(F)(F)F. The molecule has 1 aromatic rings. The highest BCUT2D eigenvalue weighted by atomic mass is 32.2. The number of benzene rings is 1. The standard InChI is InChI=1S/C15H21F3O3S/c1-12-8-9-14(22(19,20)21)11-13(12)7-5-3-2-4-6-10-15(16,17)18/h8-9,11H,2-7,10H2,1H3,(H,19,20,21). The molecular formula is C15H21F3O3S. The normalized spacial score (nSPS) is 12.6. The van der Waals surface area contributed by atoms with Crippen LogP contribution in [0.3, 0.4) is 0 Å². The zero-order chi connectivity index (χ0) is 16.8. The summed E-state index contributed by atoms with van der Waals surface area (Å²) in [6.07, 6.45) is -1.16. The molecule has 0 spiro atoms. The van der Waals surface area contributed by atoms with Gasteiger partial charge in [0, 0.05) is 6.42 Å². The van der Waals surface area contributed by atoms with E-state index >= 15 is 0 Å². The minimum atomic E-state index is -4.21. The van der Waals surface area contributed by atoms with Crippen molar-refractivity contribution in [3.8, 4) is 0 Å². The van der Waals surface area contributed by atoms with Crippen molar-refractivity contribution in [1.82, 2.24) is 0 Å². The molecule has 1 N–H and O–H groups in total. The van der Waals surface area contributed by atoms with E-state index in [0.717, 1.165) is 30.4 Å². The topological polar surface area (TPSA) is 54.4 Å². The van der Waals surface area contributed by atoms with Crippen molar-refractivity contribution in [3.05, 3.63) is 29.3 Å². The third-order valence-corrected chi connectivity index (χ3v) is 4.37. The van der Waals surface area contributed by atoms with Crippen molar-refractivity contribution in [1.29, 1.82) is 0 Å². The second-order valence-electron chi connectivity index (χ2n) is 5.45. The maximum absolute atomic E-state index is 12.0. The summed E-state index contributed by atoms with van der Waals surface area (Å²) in [5.41, 5.74) is 1.77. The second-order valence-corrected chi connectivity index (χ2v) is 6.87. The maximum Gasteiger partial charge on any atom is 0.389 e. The monoisotopic (exact) mass is 338 g/mol. The van der Waals surface area contributed by atoms with E-state index in [1.54, 1.807) is 6.07 Å². The van der Waals surface area contributed by atoms with Crippen LogP contribution < -0.4 is 0 Å². The lowest BCUT2D eigenvalue weighted by molar-refractivity contribution is -0.135. The van der Waals surface area contributed by atoms with Crippen molar-refractivity contribution in [2.75, 3.05) is 0 Å². The molecule has 0 atom stereocenters. The number of hydrogen-bond donors (Lipinski definition) is 1. The Kier molecular flexibility index (Phi) is 6.87. The minimum absolute atomic E-state index is 0.127. The molecule has 0 radical (unpaired) electrons. The van der Waals surface area contributed by atoms with Gasteiger partial charge in [0.15, 0.2) is 0 Å². The summed E-state index contributed by atoms with van der Waals surface area (Å²) < 4.78 is 67.1. The third kappa shape index (κ3) is 7.26. The fraction of sp³-hybridized carbons (Fsp3) is 0.600. The lowest BCUT2D eigenvalue weighted by Gasteiger charge is -2.08. The van der Waals surface area contributed by atoms with Crippen LogP contribution in [0.5, 0.6) is 0 Å². The molecule has 0 bridgehead atoms. The number of halogens is 3. The maximum atomic E-state index is 12.0. The summed E-state index contributed by atoms with van der Waals surface area (Å²) in [6, 6.07) is 4.45. The Balaban J connectivity index is 2.36. The first-order chi connectivity index (χ1) is 10.1. The van der Waals surface area contributed by atoms with E-state index in [2.05, 4.69) is 0 Å². The van der Waals surface area contributed by atoms with Gasteiger partial charge in [-0.2, -0.15) is 21.6 Å². The van der Waals surface area contributed by atoms with Crippen LogP contribution in [0.1, 0.15) is 49.7 Å². The summed E-state index contributed by atoms with van der Waals surface area (Å²) in [4.78, 5) is -0.127. The lowest BCUT2D eigenvalue weighted by Crippen LogP contribution is -2.06. The van der Waals surface area contributed by atoms with Crippen molar-refractivity contribution in [3.63, 3.8) is 0 Å². The van der Waals surface area contributed by atoms with Gasteiger partial charge in [0.1, 0.15) is 0 Å². The average Bonchev–Trinajstić information content (AvgIpc) is 2.37. The van der Waals surface area contributed by atoms with Crippen LogP contribution in [0.15, 0.2) is 23.1 Å². The molecule has 0 amide bonds. The minimum Gasteiger partial charge on any atom is -0.282 e. The third-order valence-electron chi connectivity index (χ3n) is 3.52. The molecular weight excluding hydrogens is 317 g/mol. The molecule has 22 heavy (non-hydrogen) atoms. The highest BCUT2D eigenvalue weighted by Gasteiger charge is 2.25.